The number of nitrogens with one attached hydrogen (secondary N) is 4. The van der Waals surface area contributed by atoms with Crippen LogP contribution in [0.3, 0.4) is 0 Å². The summed E-state index contributed by atoms with van der Waals surface area (Å²) in [5.41, 5.74) is 2.20. The maximum Gasteiger partial charge on any atom is 0.246 e. The fourth-order valence-corrected chi connectivity index (χ4v) is 5.31. The van der Waals surface area contributed by atoms with Crippen molar-refractivity contribution < 1.29 is 23.9 Å². The molecular formula is C32H44Cl2N6O5. The number of nitrogens with zero attached hydrogens (tertiary/aromatic N) is 2. The summed E-state index contributed by atoms with van der Waals surface area (Å²) in [5.74, 6) is -1.29. The molecule has 0 spiro atoms. The van der Waals surface area contributed by atoms with Crippen LogP contribution in [0.4, 0.5) is 5.69 Å². The van der Waals surface area contributed by atoms with Gasteiger partial charge >= 0.3 is 0 Å². The third kappa shape index (κ3) is 13.0. The van der Waals surface area contributed by atoms with E-state index in [1.54, 1.807) is 36.2 Å². The van der Waals surface area contributed by atoms with Gasteiger partial charge in [-0.25, -0.2) is 0 Å². The summed E-state index contributed by atoms with van der Waals surface area (Å²) in [6.45, 7) is 3.18. The van der Waals surface area contributed by atoms with E-state index in [0.29, 0.717) is 28.8 Å². The van der Waals surface area contributed by atoms with E-state index in [1.807, 2.05) is 25.2 Å². The molecule has 2 aromatic carbocycles. The fourth-order valence-electron chi connectivity index (χ4n) is 4.98. The molecule has 0 aromatic heterocycles. The van der Waals surface area contributed by atoms with Crippen molar-refractivity contribution in [1.82, 2.24) is 25.8 Å². The summed E-state index contributed by atoms with van der Waals surface area (Å²) in [5, 5.41) is 11.9. The minimum Gasteiger partial charge on any atom is -0.362 e. The number of hydrogen-bond acceptors (Lipinski definition) is 7. The summed E-state index contributed by atoms with van der Waals surface area (Å²) in [7, 11) is 3.66. The van der Waals surface area contributed by atoms with Crippen LogP contribution in [0.1, 0.15) is 42.9 Å². The van der Waals surface area contributed by atoms with Gasteiger partial charge in [0.05, 0.1) is 29.1 Å². The zero-order valence-corrected chi connectivity index (χ0v) is 27.5. The van der Waals surface area contributed by atoms with Crippen molar-refractivity contribution in [1.29, 1.82) is 0 Å². The van der Waals surface area contributed by atoms with Gasteiger partial charge in [0.15, 0.2) is 0 Å². The van der Waals surface area contributed by atoms with Gasteiger partial charge in [0.2, 0.25) is 23.6 Å². The first-order valence-electron chi connectivity index (χ1n) is 15.2. The van der Waals surface area contributed by atoms with Gasteiger partial charge in [-0.05, 0) is 87.8 Å². The molecule has 1 heterocycles. The quantitative estimate of drug-likeness (QED) is 0.181. The Morgan fingerprint density at radius 2 is 1.62 bits per heavy atom. The minimum atomic E-state index is -0.506. The summed E-state index contributed by atoms with van der Waals surface area (Å²) in [6, 6.07) is 12.3. The molecule has 11 nitrogen and oxygen atoms in total. The van der Waals surface area contributed by atoms with Crippen LogP contribution in [-0.4, -0.2) is 100 Å². The lowest BCUT2D eigenvalue weighted by Crippen LogP contribution is -2.39. The number of anilines is 1. The molecule has 1 aliphatic rings. The van der Waals surface area contributed by atoms with Crippen molar-refractivity contribution in [3.05, 3.63) is 63.6 Å². The average Bonchev–Trinajstić information content (AvgIpc) is 3.54. The Hall–Kier alpha value is -3.22. The first-order valence-corrected chi connectivity index (χ1v) is 16.0. The highest BCUT2D eigenvalue weighted by Crippen LogP contribution is 2.27. The summed E-state index contributed by atoms with van der Waals surface area (Å²) < 4.78 is 5.16. The van der Waals surface area contributed by atoms with Gasteiger partial charge in [0.25, 0.3) is 0 Å². The van der Waals surface area contributed by atoms with Crippen LogP contribution in [0.15, 0.2) is 42.5 Å². The van der Waals surface area contributed by atoms with Crippen LogP contribution in [0.25, 0.3) is 0 Å². The van der Waals surface area contributed by atoms with Gasteiger partial charge in [-0.15, -0.1) is 0 Å². The monoisotopic (exact) mass is 662 g/mol. The molecule has 0 aliphatic carbocycles. The van der Waals surface area contributed by atoms with Crippen LogP contribution >= 0.6 is 23.2 Å². The Morgan fingerprint density at radius 1 is 0.911 bits per heavy atom. The van der Waals surface area contributed by atoms with E-state index in [4.69, 9.17) is 27.9 Å². The molecule has 2 aromatic rings. The summed E-state index contributed by atoms with van der Waals surface area (Å²) >= 11 is 12.2. The summed E-state index contributed by atoms with van der Waals surface area (Å²) in [6.07, 6.45) is 4.20. The maximum atomic E-state index is 13.4. The highest BCUT2D eigenvalue weighted by atomic mass is 35.5. The Morgan fingerprint density at radius 3 is 2.33 bits per heavy atom. The molecule has 45 heavy (non-hydrogen) atoms. The number of amides is 4. The number of unbranched alkanes of at least 4 members (excludes halogenated alkanes) is 1. The van der Waals surface area contributed by atoms with Gasteiger partial charge in [-0.1, -0.05) is 41.4 Å². The van der Waals surface area contributed by atoms with Gasteiger partial charge in [0.1, 0.15) is 13.2 Å². The van der Waals surface area contributed by atoms with Crippen LogP contribution in [-0.2, 0) is 30.3 Å². The number of benzene rings is 2. The molecule has 246 valence electrons. The Labute approximate surface area is 275 Å². The lowest BCUT2D eigenvalue weighted by Gasteiger charge is -2.32. The normalized spacial score (nSPS) is 13.7. The number of ether oxygens (including phenoxy) is 1. The zero-order valence-electron chi connectivity index (χ0n) is 26.0. The predicted molar refractivity (Wildman–Crippen MR) is 176 cm³/mol. The number of rotatable bonds is 18. The second-order valence-electron chi connectivity index (χ2n) is 11.1. The number of carbonyl (C=O) groups is 4. The van der Waals surface area contributed by atoms with Gasteiger partial charge < -0.3 is 35.8 Å². The Bertz CT molecular complexity index is 1290. The summed E-state index contributed by atoms with van der Waals surface area (Å²) in [4.78, 5) is 54.0. The van der Waals surface area contributed by atoms with E-state index in [0.717, 1.165) is 56.4 Å². The minimum absolute atomic E-state index is 0.0704. The molecule has 0 bridgehead atoms. The fraction of sp³-hybridized carbons (Fsp3) is 0.500. The predicted octanol–water partition coefficient (Wildman–Crippen LogP) is 3.02. The molecule has 1 saturated heterocycles. The van der Waals surface area contributed by atoms with Crippen LogP contribution < -0.4 is 21.3 Å². The molecule has 4 amide bonds. The second kappa shape index (κ2) is 19.3. The van der Waals surface area contributed by atoms with Crippen molar-refractivity contribution in [2.75, 3.05) is 71.9 Å². The zero-order chi connectivity index (χ0) is 32.6. The van der Waals surface area contributed by atoms with Crippen molar-refractivity contribution in [3.63, 3.8) is 0 Å². The van der Waals surface area contributed by atoms with E-state index in [9.17, 15) is 19.2 Å². The van der Waals surface area contributed by atoms with E-state index in [1.165, 1.54) is 0 Å². The molecule has 4 N–H and O–H groups in total. The maximum absolute atomic E-state index is 13.4. The lowest BCUT2D eigenvalue weighted by molar-refractivity contribution is -0.132. The van der Waals surface area contributed by atoms with Crippen molar-refractivity contribution in [2.24, 2.45) is 0 Å². The van der Waals surface area contributed by atoms with E-state index in [2.05, 4.69) is 26.2 Å². The molecule has 0 unspecified atom stereocenters. The molecule has 3 rings (SSSR count). The molecule has 0 radical (unpaired) electrons. The molecule has 1 fully saturated rings. The molecular weight excluding hydrogens is 619 g/mol. The van der Waals surface area contributed by atoms with Gasteiger partial charge in [-0.3, -0.25) is 19.2 Å². The average molecular weight is 664 g/mol. The second-order valence-corrected chi connectivity index (χ2v) is 11.9. The van der Waals surface area contributed by atoms with E-state index < -0.39 is 11.8 Å². The number of halogens is 2. The van der Waals surface area contributed by atoms with E-state index in [-0.39, 0.29) is 44.0 Å². The first-order chi connectivity index (χ1) is 21.7. The largest absolute Gasteiger partial charge is 0.362 e. The number of likely N-dealkylation sites (N-methyl/N-ethyl adjacent to an activating group) is 1. The Balaban J connectivity index is 1.52. The lowest BCUT2D eigenvalue weighted by atomic mass is 10.0. The van der Waals surface area contributed by atoms with Crippen LogP contribution in [0.5, 0.6) is 0 Å². The first kappa shape index (κ1) is 36.3. The standard InChI is InChI=1S/C32H44Cl2N6O5/c1-35-12-3-4-13-36-30(42)21-45-22-31(43)37-19-29(41)38-25-9-7-8-24(18-25)28(20-40-14-5-6-15-40)39(2)32(44)17-23-10-11-26(33)27(34)16-23/h7-11,16,18,28,35H,3-6,12-15,17,19-22H2,1-2H3,(H,36,42)(H,37,43)(H,38,41)/t28-/m1/s1. The van der Waals surface area contributed by atoms with Crippen molar-refractivity contribution in [3.8, 4) is 0 Å². The molecule has 1 atom stereocenters. The topological polar surface area (TPSA) is 132 Å². The number of likely N-dealkylation sites (tertiary alicyclic amines) is 1. The molecule has 0 saturated carbocycles. The molecule has 1 aliphatic heterocycles. The van der Waals surface area contributed by atoms with E-state index >= 15 is 0 Å². The van der Waals surface area contributed by atoms with Crippen molar-refractivity contribution >= 4 is 52.5 Å². The highest BCUT2D eigenvalue weighted by Gasteiger charge is 2.26. The highest BCUT2D eigenvalue weighted by molar-refractivity contribution is 6.42. The van der Waals surface area contributed by atoms with Crippen LogP contribution in [0.2, 0.25) is 10.0 Å². The number of hydrogen-bond donors (Lipinski definition) is 4. The smallest absolute Gasteiger partial charge is 0.246 e. The third-order valence-corrected chi connectivity index (χ3v) is 8.21. The number of carbonyl (C=O) groups excluding carboxylic acids is 4. The SMILES string of the molecule is CNCCCCNC(=O)COCC(=O)NCC(=O)Nc1cccc([C@@H](CN2CCCC2)N(C)C(=O)Cc2ccc(Cl)c(Cl)c2)c1. The van der Waals surface area contributed by atoms with Crippen molar-refractivity contribution in [2.45, 2.75) is 38.1 Å². The van der Waals surface area contributed by atoms with Crippen LogP contribution in [0, 0.1) is 0 Å². The van der Waals surface area contributed by atoms with Gasteiger partial charge in [0, 0.05) is 25.8 Å². The third-order valence-electron chi connectivity index (χ3n) is 7.47. The Kier molecular flexibility index (Phi) is 15.6. The van der Waals surface area contributed by atoms with Gasteiger partial charge in [-0.2, -0.15) is 0 Å². The molecule has 13 heteroatoms.